The average molecular weight is 246 g/mol. The smallest absolute Gasteiger partial charge is 0.411 e. The fourth-order valence-corrected chi connectivity index (χ4v) is 1.37. The zero-order chi connectivity index (χ0) is 13.5. The molecule has 1 amide bonds. The predicted octanol–water partition coefficient (Wildman–Crippen LogP) is 2.26. The molecule has 0 heterocycles. The van der Waals surface area contributed by atoms with Crippen LogP contribution in [0.25, 0.3) is 0 Å². The molecule has 1 aromatic rings. The monoisotopic (exact) mass is 246 g/mol. The fourth-order valence-electron chi connectivity index (χ4n) is 1.37. The van der Waals surface area contributed by atoms with Crippen LogP contribution >= 0.6 is 0 Å². The van der Waals surface area contributed by atoms with Crippen LogP contribution in [0.15, 0.2) is 18.2 Å². The summed E-state index contributed by atoms with van der Waals surface area (Å²) in [6.07, 6.45) is -0.639. The number of ether oxygens (including phenoxy) is 1. The molecule has 0 atom stereocenters. The summed E-state index contributed by atoms with van der Waals surface area (Å²) in [4.78, 5) is 11.6. The SMILES string of the molecule is Cc1ccc(C#CCN)c(NC(=O)OC(C)C)c1. The number of anilines is 1. The van der Waals surface area contributed by atoms with Crippen LogP contribution in [0.4, 0.5) is 10.5 Å². The van der Waals surface area contributed by atoms with E-state index < -0.39 is 6.09 Å². The topological polar surface area (TPSA) is 64.3 Å². The second-order valence-electron chi connectivity index (χ2n) is 4.13. The molecule has 4 nitrogen and oxygen atoms in total. The highest BCUT2D eigenvalue weighted by molar-refractivity contribution is 5.87. The summed E-state index contributed by atoms with van der Waals surface area (Å²) in [5, 5.41) is 2.69. The largest absolute Gasteiger partial charge is 0.447 e. The van der Waals surface area contributed by atoms with Crippen molar-refractivity contribution >= 4 is 11.8 Å². The molecule has 96 valence electrons. The summed E-state index contributed by atoms with van der Waals surface area (Å²) in [7, 11) is 0. The molecule has 0 aromatic heterocycles. The Bertz CT molecular complexity index is 484. The van der Waals surface area contributed by atoms with Gasteiger partial charge in [-0.15, -0.1) is 0 Å². The molecule has 0 saturated heterocycles. The van der Waals surface area contributed by atoms with E-state index in [1.807, 2.05) is 25.1 Å². The van der Waals surface area contributed by atoms with Crippen molar-refractivity contribution in [2.75, 3.05) is 11.9 Å². The molecule has 4 heteroatoms. The molecule has 0 saturated carbocycles. The van der Waals surface area contributed by atoms with E-state index in [4.69, 9.17) is 10.5 Å². The van der Waals surface area contributed by atoms with E-state index in [0.717, 1.165) is 11.1 Å². The molecule has 0 bridgehead atoms. The van der Waals surface area contributed by atoms with E-state index in [9.17, 15) is 4.79 Å². The van der Waals surface area contributed by atoms with Crippen molar-refractivity contribution in [3.63, 3.8) is 0 Å². The predicted molar refractivity (Wildman–Crippen MR) is 72.4 cm³/mol. The number of hydrogen-bond acceptors (Lipinski definition) is 3. The van der Waals surface area contributed by atoms with Gasteiger partial charge in [-0.25, -0.2) is 4.79 Å². The number of carbonyl (C=O) groups excluding carboxylic acids is 1. The molecule has 1 aromatic carbocycles. The van der Waals surface area contributed by atoms with Gasteiger partial charge in [-0.1, -0.05) is 17.9 Å². The minimum atomic E-state index is -0.480. The Morgan fingerprint density at radius 2 is 2.22 bits per heavy atom. The van der Waals surface area contributed by atoms with Crippen molar-refractivity contribution in [2.45, 2.75) is 26.9 Å². The van der Waals surface area contributed by atoms with Crippen molar-refractivity contribution in [1.82, 2.24) is 0 Å². The first-order valence-corrected chi connectivity index (χ1v) is 5.80. The van der Waals surface area contributed by atoms with Crippen LogP contribution < -0.4 is 11.1 Å². The molecule has 3 N–H and O–H groups in total. The highest BCUT2D eigenvalue weighted by Crippen LogP contribution is 2.17. The fraction of sp³-hybridized carbons (Fsp3) is 0.357. The zero-order valence-corrected chi connectivity index (χ0v) is 10.9. The third-order valence-corrected chi connectivity index (χ3v) is 2.08. The van der Waals surface area contributed by atoms with Crippen LogP contribution in [0.1, 0.15) is 25.0 Å². The van der Waals surface area contributed by atoms with Crippen LogP contribution in [0.2, 0.25) is 0 Å². The summed E-state index contributed by atoms with van der Waals surface area (Å²) in [6.45, 7) is 5.82. The van der Waals surface area contributed by atoms with Crippen LogP contribution in [-0.2, 0) is 4.74 Å². The maximum Gasteiger partial charge on any atom is 0.411 e. The van der Waals surface area contributed by atoms with Crippen LogP contribution in [0.3, 0.4) is 0 Å². The van der Waals surface area contributed by atoms with Gasteiger partial charge in [0.25, 0.3) is 0 Å². The van der Waals surface area contributed by atoms with Crippen LogP contribution in [-0.4, -0.2) is 18.7 Å². The Morgan fingerprint density at radius 1 is 1.50 bits per heavy atom. The maximum absolute atomic E-state index is 11.6. The lowest BCUT2D eigenvalue weighted by Crippen LogP contribution is -2.18. The molecule has 0 aliphatic heterocycles. The first kappa shape index (κ1) is 14.1. The lowest BCUT2D eigenvalue weighted by Gasteiger charge is -2.11. The first-order valence-electron chi connectivity index (χ1n) is 5.80. The molecule has 0 aliphatic carbocycles. The third kappa shape index (κ3) is 4.48. The number of benzene rings is 1. The van der Waals surface area contributed by atoms with Crippen LogP contribution in [0, 0.1) is 18.8 Å². The van der Waals surface area contributed by atoms with E-state index in [1.165, 1.54) is 0 Å². The number of nitrogens with two attached hydrogens (primary N) is 1. The number of carbonyl (C=O) groups is 1. The maximum atomic E-state index is 11.6. The Kier molecular flexibility index (Phi) is 5.22. The Hall–Kier alpha value is -1.99. The van der Waals surface area contributed by atoms with Crippen molar-refractivity contribution in [3.05, 3.63) is 29.3 Å². The summed E-state index contributed by atoms with van der Waals surface area (Å²) < 4.78 is 5.03. The number of amides is 1. The number of nitrogens with one attached hydrogen (secondary N) is 1. The molecule has 0 radical (unpaired) electrons. The average Bonchev–Trinajstić information content (AvgIpc) is 2.26. The van der Waals surface area contributed by atoms with Crippen molar-refractivity contribution in [1.29, 1.82) is 0 Å². The molecule has 0 spiro atoms. The molecule has 1 rings (SSSR count). The molecular formula is C14H18N2O2. The Morgan fingerprint density at radius 3 is 2.83 bits per heavy atom. The molecular weight excluding hydrogens is 228 g/mol. The lowest BCUT2D eigenvalue weighted by molar-refractivity contribution is 0.130. The van der Waals surface area contributed by atoms with E-state index in [-0.39, 0.29) is 12.6 Å². The molecule has 0 fully saturated rings. The van der Waals surface area contributed by atoms with Crippen molar-refractivity contribution in [3.8, 4) is 11.8 Å². The number of rotatable bonds is 2. The second kappa shape index (κ2) is 6.67. The van der Waals surface area contributed by atoms with Gasteiger partial charge in [-0.3, -0.25) is 5.32 Å². The van der Waals surface area contributed by atoms with Gasteiger partial charge in [-0.2, -0.15) is 0 Å². The van der Waals surface area contributed by atoms with E-state index in [1.54, 1.807) is 13.8 Å². The summed E-state index contributed by atoms with van der Waals surface area (Å²) >= 11 is 0. The van der Waals surface area contributed by atoms with E-state index >= 15 is 0 Å². The van der Waals surface area contributed by atoms with Crippen molar-refractivity contribution in [2.24, 2.45) is 5.73 Å². The van der Waals surface area contributed by atoms with Gasteiger partial charge in [0.2, 0.25) is 0 Å². The van der Waals surface area contributed by atoms with Gasteiger partial charge in [-0.05, 0) is 38.5 Å². The van der Waals surface area contributed by atoms with Gasteiger partial charge in [0.05, 0.1) is 18.3 Å². The second-order valence-corrected chi connectivity index (χ2v) is 4.13. The minimum Gasteiger partial charge on any atom is -0.447 e. The van der Waals surface area contributed by atoms with Crippen LogP contribution in [0.5, 0.6) is 0 Å². The first-order chi connectivity index (χ1) is 8.52. The number of aryl methyl sites for hydroxylation is 1. The summed E-state index contributed by atoms with van der Waals surface area (Å²) in [5.41, 5.74) is 7.74. The minimum absolute atomic E-state index is 0.159. The third-order valence-electron chi connectivity index (χ3n) is 2.08. The summed E-state index contributed by atoms with van der Waals surface area (Å²) in [5.74, 6) is 5.68. The van der Waals surface area contributed by atoms with Gasteiger partial charge in [0, 0.05) is 5.56 Å². The van der Waals surface area contributed by atoms with E-state index in [0.29, 0.717) is 5.69 Å². The molecule has 0 unspecified atom stereocenters. The normalized spacial score (nSPS) is 9.61. The highest BCUT2D eigenvalue weighted by Gasteiger charge is 2.08. The quantitative estimate of drug-likeness (QED) is 0.787. The molecule has 0 aliphatic rings. The number of hydrogen-bond donors (Lipinski definition) is 2. The van der Waals surface area contributed by atoms with Gasteiger partial charge < -0.3 is 10.5 Å². The standard InChI is InChI=1S/C14H18N2O2/c1-10(2)18-14(17)16-13-9-11(3)6-7-12(13)5-4-8-15/h6-7,9-10H,8,15H2,1-3H3,(H,16,17). The Balaban J connectivity index is 2.92. The van der Waals surface area contributed by atoms with Crippen molar-refractivity contribution < 1.29 is 9.53 Å². The van der Waals surface area contributed by atoms with E-state index in [2.05, 4.69) is 17.2 Å². The lowest BCUT2D eigenvalue weighted by atomic mass is 10.1. The van der Waals surface area contributed by atoms with Gasteiger partial charge in [0.1, 0.15) is 0 Å². The highest BCUT2D eigenvalue weighted by atomic mass is 16.6. The molecule has 18 heavy (non-hydrogen) atoms. The Labute approximate surface area is 108 Å². The summed E-state index contributed by atoms with van der Waals surface area (Å²) in [6, 6.07) is 5.63. The van der Waals surface area contributed by atoms with Gasteiger partial charge >= 0.3 is 6.09 Å². The van der Waals surface area contributed by atoms with Gasteiger partial charge in [0.15, 0.2) is 0 Å². The zero-order valence-electron chi connectivity index (χ0n) is 10.9.